The summed E-state index contributed by atoms with van der Waals surface area (Å²) < 4.78 is 0. The van der Waals surface area contributed by atoms with Crippen molar-refractivity contribution >= 4 is 23.4 Å². The van der Waals surface area contributed by atoms with Gasteiger partial charge in [-0.05, 0) is 31.7 Å². The fourth-order valence-electron chi connectivity index (χ4n) is 1.88. The Balaban J connectivity index is 1.88. The van der Waals surface area contributed by atoms with Gasteiger partial charge in [-0.25, -0.2) is 0 Å². The molecule has 1 atom stereocenters. The van der Waals surface area contributed by atoms with Gasteiger partial charge in [0.2, 0.25) is 5.91 Å². The van der Waals surface area contributed by atoms with Gasteiger partial charge in [0.1, 0.15) is 5.54 Å². The molecule has 3 N–H and O–H groups in total. The van der Waals surface area contributed by atoms with Crippen LogP contribution in [0.5, 0.6) is 0 Å². The number of nitrogen functional groups attached to an aromatic ring is 1. The lowest BCUT2D eigenvalue weighted by Gasteiger charge is -2.22. The summed E-state index contributed by atoms with van der Waals surface area (Å²) >= 11 is 1.35. The van der Waals surface area contributed by atoms with Crippen LogP contribution in [0.4, 0.5) is 5.69 Å². The second kappa shape index (κ2) is 5.49. The number of nitriles is 1. The summed E-state index contributed by atoms with van der Waals surface area (Å²) in [6.07, 6.45) is 5.22. The van der Waals surface area contributed by atoms with E-state index in [-0.39, 0.29) is 17.6 Å². The second-order valence-corrected chi connectivity index (χ2v) is 5.86. The number of nitrogens with zero attached hydrogens (tertiary/aromatic N) is 2. The molecule has 1 aliphatic carbocycles. The van der Waals surface area contributed by atoms with Crippen LogP contribution in [0.1, 0.15) is 19.8 Å². The lowest BCUT2D eigenvalue weighted by atomic mass is 9.98. The molecule has 0 saturated heterocycles. The molecule has 0 spiro atoms. The highest BCUT2D eigenvalue weighted by atomic mass is 32.2. The highest BCUT2D eigenvalue weighted by Crippen LogP contribution is 2.39. The summed E-state index contributed by atoms with van der Waals surface area (Å²) in [5.41, 5.74) is 5.58. The Morgan fingerprint density at radius 2 is 2.47 bits per heavy atom. The number of carbonyl (C=O) groups is 1. The molecule has 1 heterocycles. The van der Waals surface area contributed by atoms with Crippen molar-refractivity contribution in [3.8, 4) is 6.07 Å². The average molecular weight is 276 g/mol. The molecule has 0 bridgehead atoms. The van der Waals surface area contributed by atoms with Gasteiger partial charge in [0, 0.05) is 11.1 Å². The summed E-state index contributed by atoms with van der Waals surface area (Å²) in [6, 6.07) is 3.98. The van der Waals surface area contributed by atoms with E-state index < -0.39 is 5.54 Å². The van der Waals surface area contributed by atoms with Crippen LogP contribution in [0.3, 0.4) is 0 Å². The standard InChI is InChI=1S/C13H16N4OS/c1-13(8-14,9-2-3-9)17-12(18)7-19-11-4-5-16-6-10(11)15/h4-6,9H,2-3,7,15H2,1H3,(H,17,18). The summed E-state index contributed by atoms with van der Waals surface area (Å²) in [4.78, 5) is 16.6. The number of carbonyl (C=O) groups excluding carboxylic acids is 1. The first-order valence-electron chi connectivity index (χ1n) is 6.10. The zero-order chi connectivity index (χ0) is 13.9. The van der Waals surface area contributed by atoms with Gasteiger partial charge in [-0.3, -0.25) is 9.78 Å². The Morgan fingerprint density at radius 3 is 3.05 bits per heavy atom. The maximum absolute atomic E-state index is 11.9. The molecule has 19 heavy (non-hydrogen) atoms. The summed E-state index contributed by atoms with van der Waals surface area (Å²) in [5.74, 6) is 0.396. The largest absolute Gasteiger partial charge is 0.397 e. The highest BCUT2D eigenvalue weighted by molar-refractivity contribution is 8.00. The van der Waals surface area contributed by atoms with Crippen molar-refractivity contribution in [1.82, 2.24) is 10.3 Å². The number of rotatable bonds is 5. The van der Waals surface area contributed by atoms with E-state index in [2.05, 4.69) is 16.4 Å². The van der Waals surface area contributed by atoms with Crippen LogP contribution in [0.15, 0.2) is 23.4 Å². The molecule has 2 rings (SSSR count). The van der Waals surface area contributed by atoms with Crippen molar-refractivity contribution in [2.24, 2.45) is 5.92 Å². The molecule has 1 saturated carbocycles. The minimum Gasteiger partial charge on any atom is -0.397 e. The van der Waals surface area contributed by atoms with E-state index in [1.54, 1.807) is 25.4 Å². The molecule has 1 amide bonds. The predicted molar refractivity (Wildman–Crippen MR) is 74.3 cm³/mol. The monoisotopic (exact) mass is 276 g/mol. The fraction of sp³-hybridized carbons (Fsp3) is 0.462. The Morgan fingerprint density at radius 1 is 1.74 bits per heavy atom. The summed E-state index contributed by atoms with van der Waals surface area (Å²) in [6.45, 7) is 1.79. The predicted octanol–water partition coefficient (Wildman–Crippen LogP) is 1.56. The van der Waals surface area contributed by atoms with Crippen molar-refractivity contribution in [3.63, 3.8) is 0 Å². The molecule has 100 valence electrons. The van der Waals surface area contributed by atoms with Crippen LogP contribution < -0.4 is 11.1 Å². The summed E-state index contributed by atoms with van der Waals surface area (Å²) in [5, 5.41) is 12.0. The molecular weight excluding hydrogens is 260 g/mol. The van der Waals surface area contributed by atoms with Gasteiger partial charge in [0.15, 0.2) is 0 Å². The number of nitrogens with one attached hydrogen (secondary N) is 1. The van der Waals surface area contributed by atoms with Gasteiger partial charge >= 0.3 is 0 Å². The van der Waals surface area contributed by atoms with E-state index in [1.165, 1.54) is 11.8 Å². The van der Waals surface area contributed by atoms with E-state index in [1.807, 2.05) is 0 Å². The van der Waals surface area contributed by atoms with Gasteiger partial charge in [-0.15, -0.1) is 11.8 Å². The van der Waals surface area contributed by atoms with Crippen molar-refractivity contribution in [3.05, 3.63) is 18.5 Å². The molecule has 0 aliphatic heterocycles. The van der Waals surface area contributed by atoms with Gasteiger partial charge in [-0.2, -0.15) is 5.26 Å². The zero-order valence-electron chi connectivity index (χ0n) is 10.7. The highest BCUT2D eigenvalue weighted by Gasteiger charge is 2.42. The number of hydrogen-bond donors (Lipinski definition) is 2. The molecule has 0 radical (unpaired) electrons. The number of nitrogens with two attached hydrogens (primary N) is 1. The van der Waals surface area contributed by atoms with E-state index >= 15 is 0 Å². The molecule has 1 aromatic heterocycles. The summed E-state index contributed by atoms with van der Waals surface area (Å²) in [7, 11) is 0. The third-order valence-electron chi connectivity index (χ3n) is 3.19. The number of amides is 1. The SMILES string of the molecule is CC(C#N)(NC(=O)CSc1ccncc1N)C1CC1. The Hall–Kier alpha value is -1.74. The minimum absolute atomic E-state index is 0.142. The van der Waals surface area contributed by atoms with E-state index in [9.17, 15) is 10.1 Å². The third-order valence-corrected chi connectivity index (χ3v) is 4.28. The Bertz CT molecular complexity index is 524. The van der Waals surface area contributed by atoms with Gasteiger partial charge in [0.25, 0.3) is 0 Å². The minimum atomic E-state index is -0.735. The first kappa shape index (κ1) is 13.7. The molecule has 1 fully saturated rings. The van der Waals surface area contributed by atoms with Crippen LogP contribution in [-0.2, 0) is 4.79 Å². The number of thioether (sulfide) groups is 1. The molecule has 6 heteroatoms. The topological polar surface area (TPSA) is 91.8 Å². The quantitative estimate of drug-likeness (QED) is 0.796. The van der Waals surface area contributed by atoms with Crippen LogP contribution >= 0.6 is 11.8 Å². The Labute approximate surface area is 116 Å². The van der Waals surface area contributed by atoms with E-state index in [0.29, 0.717) is 5.69 Å². The number of aromatic nitrogens is 1. The first-order chi connectivity index (χ1) is 9.05. The second-order valence-electron chi connectivity index (χ2n) is 4.84. The van der Waals surface area contributed by atoms with Crippen molar-refractivity contribution in [2.45, 2.75) is 30.2 Å². The first-order valence-corrected chi connectivity index (χ1v) is 7.08. The average Bonchev–Trinajstić information content (AvgIpc) is 3.22. The number of pyridine rings is 1. The molecule has 0 aromatic carbocycles. The van der Waals surface area contributed by atoms with Crippen molar-refractivity contribution < 1.29 is 4.79 Å². The van der Waals surface area contributed by atoms with E-state index in [0.717, 1.165) is 17.7 Å². The van der Waals surface area contributed by atoms with Crippen LogP contribution in [-0.4, -0.2) is 22.2 Å². The van der Waals surface area contributed by atoms with Crippen LogP contribution in [0.2, 0.25) is 0 Å². The lowest BCUT2D eigenvalue weighted by Crippen LogP contribution is -2.47. The molecule has 5 nitrogen and oxygen atoms in total. The maximum atomic E-state index is 11.9. The van der Waals surface area contributed by atoms with Gasteiger partial charge in [-0.1, -0.05) is 0 Å². The molecule has 1 aromatic rings. The van der Waals surface area contributed by atoms with Gasteiger partial charge < -0.3 is 11.1 Å². The van der Waals surface area contributed by atoms with Crippen molar-refractivity contribution in [1.29, 1.82) is 5.26 Å². The fourth-order valence-corrected chi connectivity index (χ4v) is 2.61. The zero-order valence-corrected chi connectivity index (χ0v) is 11.5. The van der Waals surface area contributed by atoms with Crippen molar-refractivity contribution in [2.75, 3.05) is 11.5 Å². The number of hydrogen-bond acceptors (Lipinski definition) is 5. The molecule has 1 aliphatic rings. The third kappa shape index (κ3) is 3.38. The van der Waals surface area contributed by atoms with Gasteiger partial charge in [0.05, 0.1) is 23.7 Å². The maximum Gasteiger partial charge on any atom is 0.231 e. The normalized spacial score (nSPS) is 17.3. The smallest absolute Gasteiger partial charge is 0.231 e. The van der Waals surface area contributed by atoms with E-state index in [4.69, 9.17) is 5.73 Å². The van der Waals surface area contributed by atoms with Crippen LogP contribution in [0.25, 0.3) is 0 Å². The molecule has 1 unspecified atom stereocenters. The lowest BCUT2D eigenvalue weighted by molar-refractivity contribution is -0.119. The van der Waals surface area contributed by atoms with Crippen LogP contribution in [0, 0.1) is 17.2 Å². The Kier molecular flexibility index (Phi) is 3.96. The number of anilines is 1. The molecular formula is C13H16N4OS.